The third-order valence-electron chi connectivity index (χ3n) is 5.05. The number of amides is 1. The Morgan fingerprint density at radius 2 is 1.81 bits per heavy atom. The molecular weight excluding hydrogens is 360 g/mol. The molecule has 1 atom stereocenters. The van der Waals surface area contributed by atoms with Crippen LogP contribution in [0.15, 0.2) is 53.4 Å². The van der Waals surface area contributed by atoms with Gasteiger partial charge in [-0.2, -0.15) is 0 Å². The van der Waals surface area contributed by atoms with Crippen LogP contribution < -0.4 is 10.2 Å². The molecule has 5 nitrogen and oxygen atoms in total. The van der Waals surface area contributed by atoms with Crippen LogP contribution in [0.25, 0.3) is 0 Å². The minimum atomic E-state index is -3.51. The van der Waals surface area contributed by atoms with Crippen molar-refractivity contribution in [3.63, 3.8) is 0 Å². The lowest BCUT2D eigenvalue weighted by molar-refractivity contribution is 0.0951. The van der Waals surface area contributed by atoms with E-state index in [0.29, 0.717) is 19.1 Å². The average molecular weight is 387 g/mol. The Morgan fingerprint density at radius 3 is 2.56 bits per heavy atom. The van der Waals surface area contributed by atoms with Crippen LogP contribution in [0.1, 0.15) is 36.7 Å². The summed E-state index contributed by atoms with van der Waals surface area (Å²) in [6.07, 6.45) is 1.000. The number of carbonyl (C=O) groups excluding carboxylic acids is 1. The standard InChI is InChI=1S/C21H26N2O3S/c1-15(2)27(25,26)20-11-7-5-9-18(20)21(24)22-12-13-23-16(3)14-17-8-4-6-10-19(17)23/h4-11,15-16H,12-14H2,1-3H3,(H,22,24). The quantitative estimate of drug-likeness (QED) is 0.829. The molecule has 27 heavy (non-hydrogen) atoms. The molecule has 144 valence electrons. The molecule has 0 saturated carbocycles. The van der Waals surface area contributed by atoms with E-state index < -0.39 is 15.1 Å². The monoisotopic (exact) mass is 386 g/mol. The summed E-state index contributed by atoms with van der Waals surface area (Å²) in [6.45, 7) is 6.55. The Kier molecular flexibility index (Phi) is 5.56. The van der Waals surface area contributed by atoms with Gasteiger partial charge >= 0.3 is 0 Å². The zero-order valence-corrected chi connectivity index (χ0v) is 16.8. The Bertz CT molecular complexity index is 938. The number of hydrogen-bond donors (Lipinski definition) is 1. The molecule has 0 bridgehead atoms. The Hall–Kier alpha value is -2.34. The lowest BCUT2D eigenvalue weighted by Crippen LogP contribution is -2.38. The van der Waals surface area contributed by atoms with Crippen molar-refractivity contribution >= 4 is 21.4 Å². The van der Waals surface area contributed by atoms with Crippen molar-refractivity contribution < 1.29 is 13.2 Å². The van der Waals surface area contributed by atoms with Crippen molar-refractivity contribution in [2.24, 2.45) is 0 Å². The molecule has 0 spiro atoms. The summed E-state index contributed by atoms with van der Waals surface area (Å²) >= 11 is 0. The van der Waals surface area contributed by atoms with Gasteiger partial charge in [-0.25, -0.2) is 8.42 Å². The van der Waals surface area contributed by atoms with Gasteiger partial charge in [-0.15, -0.1) is 0 Å². The Balaban J connectivity index is 1.70. The topological polar surface area (TPSA) is 66.5 Å². The van der Waals surface area contributed by atoms with E-state index in [1.807, 2.05) is 12.1 Å². The lowest BCUT2D eigenvalue weighted by Gasteiger charge is -2.25. The molecule has 1 aliphatic heterocycles. The van der Waals surface area contributed by atoms with Crippen LogP contribution >= 0.6 is 0 Å². The molecule has 2 aromatic rings. The molecule has 1 heterocycles. The molecule has 6 heteroatoms. The average Bonchev–Trinajstić information content (AvgIpc) is 2.97. The fourth-order valence-electron chi connectivity index (χ4n) is 3.51. The van der Waals surface area contributed by atoms with E-state index in [9.17, 15) is 13.2 Å². The van der Waals surface area contributed by atoms with Gasteiger partial charge in [0.05, 0.1) is 15.7 Å². The summed E-state index contributed by atoms with van der Waals surface area (Å²) in [5.41, 5.74) is 2.74. The van der Waals surface area contributed by atoms with Gasteiger partial charge < -0.3 is 10.2 Å². The summed E-state index contributed by atoms with van der Waals surface area (Å²) in [4.78, 5) is 15.0. The number of para-hydroxylation sites is 1. The second kappa shape index (κ2) is 7.72. The normalized spacial score (nSPS) is 16.4. The van der Waals surface area contributed by atoms with Crippen molar-refractivity contribution in [2.75, 3.05) is 18.0 Å². The zero-order valence-electron chi connectivity index (χ0n) is 16.0. The summed E-state index contributed by atoms with van der Waals surface area (Å²) in [5, 5.41) is 2.31. The highest BCUT2D eigenvalue weighted by Crippen LogP contribution is 2.31. The molecule has 2 aromatic carbocycles. The van der Waals surface area contributed by atoms with Crippen LogP contribution in [0.3, 0.4) is 0 Å². The van der Waals surface area contributed by atoms with Gasteiger partial charge in [0, 0.05) is 24.8 Å². The van der Waals surface area contributed by atoms with Crippen LogP contribution in [-0.4, -0.2) is 38.7 Å². The second-order valence-corrected chi connectivity index (χ2v) is 9.69. The predicted octanol–water partition coefficient (Wildman–Crippen LogP) is 3.05. The van der Waals surface area contributed by atoms with Crippen LogP contribution in [0.2, 0.25) is 0 Å². The molecule has 1 unspecified atom stereocenters. The van der Waals surface area contributed by atoms with Gasteiger partial charge in [0.1, 0.15) is 0 Å². The van der Waals surface area contributed by atoms with Gasteiger partial charge in [0.15, 0.2) is 9.84 Å². The fourth-order valence-corrected chi connectivity index (χ4v) is 4.76. The van der Waals surface area contributed by atoms with Gasteiger partial charge in [-0.1, -0.05) is 30.3 Å². The molecule has 1 N–H and O–H groups in total. The smallest absolute Gasteiger partial charge is 0.252 e. The van der Waals surface area contributed by atoms with Crippen LogP contribution in [-0.2, 0) is 16.3 Å². The van der Waals surface area contributed by atoms with E-state index in [4.69, 9.17) is 0 Å². The number of sulfone groups is 1. The van der Waals surface area contributed by atoms with E-state index in [1.165, 1.54) is 17.3 Å². The molecule has 0 aromatic heterocycles. The number of benzene rings is 2. The molecule has 1 amide bonds. The Labute approximate surface area is 161 Å². The summed E-state index contributed by atoms with van der Waals surface area (Å²) < 4.78 is 25.1. The Morgan fingerprint density at radius 1 is 1.15 bits per heavy atom. The van der Waals surface area contributed by atoms with Crippen molar-refractivity contribution in [3.05, 3.63) is 59.7 Å². The molecule has 3 rings (SSSR count). The van der Waals surface area contributed by atoms with Gasteiger partial charge in [-0.05, 0) is 51.0 Å². The maximum atomic E-state index is 12.6. The minimum absolute atomic E-state index is 0.0948. The summed E-state index contributed by atoms with van der Waals surface area (Å²) in [7, 11) is -3.51. The number of nitrogens with zero attached hydrogens (tertiary/aromatic N) is 1. The van der Waals surface area contributed by atoms with Crippen molar-refractivity contribution in [3.8, 4) is 0 Å². The minimum Gasteiger partial charge on any atom is -0.367 e. The highest BCUT2D eigenvalue weighted by Gasteiger charge is 2.27. The third kappa shape index (κ3) is 3.86. The molecular formula is C21H26N2O3S. The predicted molar refractivity (Wildman–Crippen MR) is 108 cm³/mol. The summed E-state index contributed by atoms with van der Waals surface area (Å²) in [6, 6.07) is 15.1. The molecule has 0 aliphatic carbocycles. The first kappa shape index (κ1) is 19.4. The third-order valence-corrected chi connectivity index (χ3v) is 7.26. The van der Waals surface area contributed by atoms with Crippen LogP contribution in [0, 0.1) is 0 Å². The first-order valence-corrected chi connectivity index (χ1v) is 10.8. The highest BCUT2D eigenvalue weighted by atomic mass is 32.2. The SMILES string of the molecule is CC1Cc2ccccc2N1CCNC(=O)c1ccccc1S(=O)(=O)C(C)C. The maximum absolute atomic E-state index is 12.6. The zero-order chi connectivity index (χ0) is 19.6. The molecule has 0 fully saturated rings. The summed E-state index contributed by atoms with van der Waals surface area (Å²) in [5.74, 6) is -0.352. The first-order valence-electron chi connectivity index (χ1n) is 9.28. The molecule has 0 radical (unpaired) electrons. The van der Waals surface area contributed by atoms with Crippen molar-refractivity contribution in [1.82, 2.24) is 5.32 Å². The van der Waals surface area contributed by atoms with E-state index >= 15 is 0 Å². The number of nitrogens with one attached hydrogen (secondary N) is 1. The number of hydrogen-bond acceptors (Lipinski definition) is 4. The fraction of sp³-hybridized carbons (Fsp3) is 0.381. The number of rotatable bonds is 6. The largest absolute Gasteiger partial charge is 0.367 e. The molecule has 0 saturated heterocycles. The second-order valence-electron chi connectivity index (χ2n) is 7.22. The lowest BCUT2D eigenvalue weighted by atomic mass is 10.1. The van der Waals surface area contributed by atoms with Crippen LogP contribution in [0.4, 0.5) is 5.69 Å². The van der Waals surface area contributed by atoms with Gasteiger partial charge in [0.2, 0.25) is 0 Å². The van der Waals surface area contributed by atoms with E-state index in [2.05, 4.69) is 29.3 Å². The van der Waals surface area contributed by atoms with Gasteiger partial charge in [-0.3, -0.25) is 4.79 Å². The molecule has 1 aliphatic rings. The maximum Gasteiger partial charge on any atom is 0.252 e. The highest BCUT2D eigenvalue weighted by molar-refractivity contribution is 7.92. The number of fused-ring (bicyclic) bond motifs is 1. The van der Waals surface area contributed by atoms with E-state index in [1.54, 1.807) is 32.0 Å². The van der Waals surface area contributed by atoms with Crippen LogP contribution in [0.5, 0.6) is 0 Å². The van der Waals surface area contributed by atoms with Crippen molar-refractivity contribution in [2.45, 2.75) is 43.4 Å². The van der Waals surface area contributed by atoms with Crippen molar-refractivity contribution in [1.29, 1.82) is 0 Å². The number of anilines is 1. The van der Waals surface area contributed by atoms with Gasteiger partial charge in [0.25, 0.3) is 5.91 Å². The van der Waals surface area contributed by atoms with E-state index in [-0.39, 0.29) is 16.4 Å². The first-order chi connectivity index (χ1) is 12.8. The number of carbonyl (C=O) groups is 1. The van der Waals surface area contributed by atoms with E-state index in [0.717, 1.165) is 6.42 Å².